The van der Waals surface area contributed by atoms with Crippen LogP contribution >= 0.6 is 0 Å². The molecule has 1 saturated heterocycles. The van der Waals surface area contributed by atoms with Crippen molar-refractivity contribution in [1.29, 1.82) is 5.26 Å². The van der Waals surface area contributed by atoms with Crippen LogP contribution in [0.2, 0.25) is 0 Å². The lowest BCUT2D eigenvalue weighted by Gasteiger charge is -2.28. The molecule has 11 heavy (non-hydrogen) atoms. The number of nitriles is 1. The van der Waals surface area contributed by atoms with Gasteiger partial charge in [0.25, 0.3) is 0 Å². The zero-order valence-corrected chi connectivity index (χ0v) is 6.92. The van der Waals surface area contributed by atoms with Crippen LogP contribution in [-0.4, -0.2) is 24.3 Å². The SMILES string of the molecule is CCC(C#N)N1CCCCO1. The van der Waals surface area contributed by atoms with Crippen molar-refractivity contribution in [2.75, 3.05) is 13.2 Å². The first kappa shape index (κ1) is 8.51. The summed E-state index contributed by atoms with van der Waals surface area (Å²) in [6.45, 7) is 3.69. The Bertz CT molecular complexity index is 147. The summed E-state index contributed by atoms with van der Waals surface area (Å²) in [5, 5.41) is 10.5. The van der Waals surface area contributed by atoms with Crippen molar-refractivity contribution in [3.8, 4) is 6.07 Å². The summed E-state index contributed by atoms with van der Waals surface area (Å²) in [5.74, 6) is 0. The minimum absolute atomic E-state index is 0.0460. The minimum atomic E-state index is -0.0460. The molecule has 0 saturated carbocycles. The number of rotatable bonds is 2. The Kier molecular flexibility index (Phi) is 3.34. The molecule has 1 rings (SSSR count). The topological polar surface area (TPSA) is 36.3 Å². The quantitative estimate of drug-likeness (QED) is 0.601. The van der Waals surface area contributed by atoms with Gasteiger partial charge in [0, 0.05) is 6.54 Å². The fourth-order valence-electron chi connectivity index (χ4n) is 1.22. The Morgan fingerprint density at radius 1 is 1.64 bits per heavy atom. The minimum Gasteiger partial charge on any atom is -0.298 e. The molecule has 0 aliphatic carbocycles. The van der Waals surface area contributed by atoms with Crippen molar-refractivity contribution in [3.63, 3.8) is 0 Å². The van der Waals surface area contributed by atoms with Crippen molar-refractivity contribution in [2.24, 2.45) is 0 Å². The molecule has 3 heteroatoms. The summed E-state index contributed by atoms with van der Waals surface area (Å²) in [5.41, 5.74) is 0. The first-order chi connectivity index (χ1) is 5.38. The Hall–Kier alpha value is -0.590. The van der Waals surface area contributed by atoms with Crippen LogP contribution in [0.5, 0.6) is 0 Å². The highest BCUT2D eigenvalue weighted by Gasteiger charge is 2.18. The van der Waals surface area contributed by atoms with Gasteiger partial charge in [0.1, 0.15) is 6.04 Å². The fourth-order valence-corrected chi connectivity index (χ4v) is 1.22. The standard InChI is InChI=1S/C8H14N2O/c1-2-8(7-9)10-5-3-4-6-11-10/h8H,2-6H2,1H3. The van der Waals surface area contributed by atoms with Gasteiger partial charge in [-0.3, -0.25) is 4.84 Å². The maximum atomic E-state index is 8.71. The lowest BCUT2D eigenvalue weighted by Crippen LogP contribution is -2.37. The number of hydrogen-bond donors (Lipinski definition) is 0. The third-order valence-electron chi connectivity index (χ3n) is 1.91. The molecule has 3 nitrogen and oxygen atoms in total. The third-order valence-corrected chi connectivity index (χ3v) is 1.91. The zero-order valence-electron chi connectivity index (χ0n) is 6.92. The highest BCUT2D eigenvalue weighted by molar-refractivity contribution is 4.88. The van der Waals surface area contributed by atoms with Crippen molar-refractivity contribution >= 4 is 0 Å². The van der Waals surface area contributed by atoms with Crippen molar-refractivity contribution in [1.82, 2.24) is 5.06 Å². The molecule has 62 valence electrons. The molecule has 0 radical (unpaired) electrons. The van der Waals surface area contributed by atoms with Gasteiger partial charge in [-0.05, 0) is 19.3 Å². The van der Waals surface area contributed by atoms with Crippen LogP contribution in [-0.2, 0) is 4.84 Å². The largest absolute Gasteiger partial charge is 0.298 e. The van der Waals surface area contributed by atoms with E-state index < -0.39 is 0 Å². The second-order valence-corrected chi connectivity index (χ2v) is 2.73. The van der Waals surface area contributed by atoms with Crippen LogP contribution in [0.25, 0.3) is 0 Å². The van der Waals surface area contributed by atoms with E-state index in [4.69, 9.17) is 10.1 Å². The molecule has 1 heterocycles. The molecule has 1 atom stereocenters. The van der Waals surface area contributed by atoms with Gasteiger partial charge in [-0.25, -0.2) is 0 Å². The average molecular weight is 154 g/mol. The summed E-state index contributed by atoms with van der Waals surface area (Å²) in [7, 11) is 0. The molecular formula is C8H14N2O. The predicted octanol–water partition coefficient (Wildman–Crippen LogP) is 1.32. The zero-order chi connectivity index (χ0) is 8.10. The van der Waals surface area contributed by atoms with Crippen LogP contribution in [0.1, 0.15) is 26.2 Å². The molecule has 0 aromatic carbocycles. The molecule has 0 aromatic rings. The van der Waals surface area contributed by atoms with Gasteiger partial charge in [0.15, 0.2) is 0 Å². The Morgan fingerprint density at radius 2 is 2.45 bits per heavy atom. The van der Waals surface area contributed by atoms with E-state index in [1.807, 2.05) is 12.0 Å². The van der Waals surface area contributed by atoms with Gasteiger partial charge in [-0.15, -0.1) is 0 Å². The van der Waals surface area contributed by atoms with E-state index in [0.29, 0.717) is 0 Å². The summed E-state index contributed by atoms with van der Waals surface area (Å²) in [6.07, 6.45) is 3.12. The summed E-state index contributed by atoms with van der Waals surface area (Å²) >= 11 is 0. The van der Waals surface area contributed by atoms with Gasteiger partial charge in [0.05, 0.1) is 12.7 Å². The van der Waals surface area contributed by atoms with Crippen LogP contribution in [0, 0.1) is 11.3 Å². The Morgan fingerprint density at radius 3 is 2.91 bits per heavy atom. The first-order valence-corrected chi connectivity index (χ1v) is 4.17. The molecule has 1 unspecified atom stereocenters. The maximum Gasteiger partial charge on any atom is 0.121 e. The Labute approximate surface area is 67.5 Å². The normalized spacial score (nSPS) is 22.5. The van der Waals surface area contributed by atoms with E-state index in [2.05, 4.69) is 6.07 Å². The third kappa shape index (κ3) is 2.18. The molecule has 0 amide bonds. The molecule has 1 aliphatic rings. The lowest BCUT2D eigenvalue weighted by atomic mass is 10.2. The highest BCUT2D eigenvalue weighted by atomic mass is 16.7. The van der Waals surface area contributed by atoms with Gasteiger partial charge < -0.3 is 0 Å². The average Bonchev–Trinajstić information content (AvgIpc) is 2.09. The van der Waals surface area contributed by atoms with Gasteiger partial charge in [-0.1, -0.05) is 6.92 Å². The summed E-state index contributed by atoms with van der Waals surface area (Å²) in [4.78, 5) is 5.33. The lowest BCUT2D eigenvalue weighted by molar-refractivity contribution is -0.195. The van der Waals surface area contributed by atoms with Crippen molar-refractivity contribution < 1.29 is 4.84 Å². The van der Waals surface area contributed by atoms with Crippen LogP contribution in [0.3, 0.4) is 0 Å². The van der Waals surface area contributed by atoms with Gasteiger partial charge in [-0.2, -0.15) is 10.3 Å². The number of hydrogen-bond acceptors (Lipinski definition) is 3. The monoisotopic (exact) mass is 154 g/mol. The number of hydroxylamine groups is 2. The number of nitrogens with zero attached hydrogens (tertiary/aromatic N) is 2. The van der Waals surface area contributed by atoms with Crippen molar-refractivity contribution in [2.45, 2.75) is 32.2 Å². The van der Waals surface area contributed by atoms with E-state index in [0.717, 1.165) is 32.4 Å². The molecular weight excluding hydrogens is 140 g/mol. The van der Waals surface area contributed by atoms with E-state index >= 15 is 0 Å². The van der Waals surface area contributed by atoms with E-state index in [-0.39, 0.29) is 6.04 Å². The van der Waals surface area contributed by atoms with Crippen LogP contribution < -0.4 is 0 Å². The molecule has 0 spiro atoms. The summed E-state index contributed by atoms with van der Waals surface area (Å²) < 4.78 is 0. The smallest absolute Gasteiger partial charge is 0.121 e. The first-order valence-electron chi connectivity index (χ1n) is 4.17. The molecule has 0 aromatic heterocycles. The van der Waals surface area contributed by atoms with Crippen LogP contribution in [0.4, 0.5) is 0 Å². The Balaban J connectivity index is 2.38. The van der Waals surface area contributed by atoms with E-state index in [9.17, 15) is 0 Å². The highest BCUT2D eigenvalue weighted by Crippen LogP contribution is 2.11. The predicted molar refractivity (Wildman–Crippen MR) is 41.6 cm³/mol. The second-order valence-electron chi connectivity index (χ2n) is 2.73. The van der Waals surface area contributed by atoms with Crippen LogP contribution in [0.15, 0.2) is 0 Å². The summed E-state index contributed by atoms with van der Waals surface area (Å²) in [6, 6.07) is 2.18. The van der Waals surface area contributed by atoms with Gasteiger partial charge >= 0.3 is 0 Å². The fraction of sp³-hybridized carbons (Fsp3) is 0.875. The molecule has 1 fully saturated rings. The molecule has 0 N–H and O–H groups in total. The van der Waals surface area contributed by atoms with E-state index in [1.165, 1.54) is 0 Å². The maximum absolute atomic E-state index is 8.71. The van der Waals surface area contributed by atoms with Crippen molar-refractivity contribution in [3.05, 3.63) is 0 Å². The van der Waals surface area contributed by atoms with Gasteiger partial charge in [0.2, 0.25) is 0 Å². The second kappa shape index (κ2) is 4.32. The van der Waals surface area contributed by atoms with E-state index in [1.54, 1.807) is 0 Å². The molecule has 1 aliphatic heterocycles. The molecule has 0 bridgehead atoms.